The van der Waals surface area contributed by atoms with Gasteiger partial charge in [-0.05, 0) is 46.6 Å². The molecule has 0 bridgehead atoms. The first-order chi connectivity index (χ1) is 10.6. The van der Waals surface area contributed by atoms with Gasteiger partial charge in [0.15, 0.2) is 0 Å². The van der Waals surface area contributed by atoms with E-state index in [1.54, 1.807) is 0 Å². The molecule has 5 nitrogen and oxygen atoms in total. The minimum Gasteiger partial charge on any atom is -0.494 e. The molecule has 0 radical (unpaired) electrons. The molecule has 0 aliphatic heterocycles. The van der Waals surface area contributed by atoms with E-state index >= 15 is 0 Å². The maximum absolute atomic E-state index is 13.6. The molecule has 1 aromatic heterocycles. The first-order valence-corrected chi connectivity index (χ1v) is 7.63. The number of nitrogens with zero attached hydrogens (tertiary/aromatic N) is 3. The normalized spacial score (nSPS) is 11.0. The average Bonchev–Trinajstić information content (AvgIpc) is 2.95. The third-order valence-electron chi connectivity index (χ3n) is 3.15. The Kier molecular flexibility index (Phi) is 3.98. The van der Waals surface area contributed by atoms with Crippen molar-refractivity contribution in [2.45, 2.75) is 13.3 Å². The van der Waals surface area contributed by atoms with Crippen LogP contribution in [0.4, 0.5) is 10.1 Å². The van der Waals surface area contributed by atoms with Crippen LogP contribution >= 0.6 is 15.9 Å². The van der Waals surface area contributed by atoms with E-state index in [9.17, 15) is 4.39 Å². The van der Waals surface area contributed by atoms with Crippen molar-refractivity contribution in [1.82, 2.24) is 15.0 Å². The zero-order valence-electron chi connectivity index (χ0n) is 11.9. The Morgan fingerprint density at radius 1 is 1.27 bits per heavy atom. The van der Waals surface area contributed by atoms with Gasteiger partial charge in [-0.2, -0.15) is 4.80 Å². The molecule has 0 unspecified atom stereocenters. The molecule has 22 heavy (non-hydrogen) atoms. The summed E-state index contributed by atoms with van der Waals surface area (Å²) in [5.41, 5.74) is 7.39. The van der Waals surface area contributed by atoms with Gasteiger partial charge in [0.05, 0.1) is 22.5 Å². The molecule has 0 saturated heterocycles. The van der Waals surface area contributed by atoms with Crippen LogP contribution in [0.1, 0.15) is 13.3 Å². The van der Waals surface area contributed by atoms with Crippen molar-refractivity contribution in [1.29, 1.82) is 0 Å². The van der Waals surface area contributed by atoms with E-state index in [1.807, 2.05) is 24.3 Å². The lowest BCUT2D eigenvalue weighted by atomic mass is 10.3. The van der Waals surface area contributed by atoms with Crippen LogP contribution in [0.2, 0.25) is 0 Å². The Hall–Kier alpha value is -2.15. The summed E-state index contributed by atoms with van der Waals surface area (Å²) in [6.45, 7) is 2.73. The van der Waals surface area contributed by atoms with Crippen LogP contribution in [0, 0.1) is 5.82 Å². The molecule has 0 fully saturated rings. The second-order valence-corrected chi connectivity index (χ2v) is 5.58. The van der Waals surface area contributed by atoms with E-state index in [-0.39, 0.29) is 5.69 Å². The summed E-state index contributed by atoms with van der Waals surface area (Å²) < 4.78 is 19.6. The number of hydrogen-bond acceptors (Lipinski definition) is 4. The van der Waals surface area contributed by atoms with Crippen molar-refractivity contribution < 1.29 is 9.13 Å². The summed E-state index contributed by atoms with van der Waals surface area (Å²) in [5.74, 6) is 0.272. The van der Waals surface area contributed by atoms with E-state index in [4.69, 9.17) is 10.5 Å². The standard InChI is InChI=1S/C15H14BrFN4O/c1-2-7-22-10-5-3-9(4-6-10)21-19-12-8-11(17)14(18)13(16)15(12)20-21/h3-6,8H,2,7,18H2,1H3. The lowest BCUT2D eigenvalue weighted by Gasteiger charge is -2.05. The lowest BCUT2D eigenvalue weighted by molar-refractivity contribution is 0.317. The SMILES string of the molecule is CCCOc1ccc(-n2nc3cc(F)c(N)c(Br)c3n2)cc1. The van der Waals surface area contributed by atoms with Gasteiger partial charge in [0.25, 0.3) is 0 Å². The monoisotopic (exact) mass is 364 g/mol. The molecule has 0 amide bonds. The third kappa shape index (κ3) is 2.64. The largest absolute Gasteiger partial charge is 0.494 e. The van der Waals surface area contributed by atoms with Crippen LogP contribution in [0.25, 0.3) is 16.7 Å². The molecule has 7 heteroatoms. The van der Waals surface area contributed by atoms with Gasteiger partial charge in [0, 0.05) is 6.07 Å². The molecule has 3 rings (SSSR count). The van der Waals surface area contributed by atoms with E-state index in [0.29, 0.717) is 22.1 Å². The molecule has 2 N–H and O–H groups in total. The Morgan fingerprint density at radius 2 is 2.00 bits per heavy atom. The predicted octanol–water partition coefficient (Wildman–Crippen LogP) is 3.69. The van der Waals surface area contributed by atoms with Gasteiger partial charge in [0.1, 0.15) is 22.6 Å². The minimum atomic E-state index is -0.519. The maximum atomic E-state index is 13.6. The van der Waals surface area contributed by atoms with Gasteiger partial charge in [-0.25, -0.2) is 4.39 Å². The van der Waals surface area contributed by atoms with Gasteiger partial charge in [0.2, 0.25) is 0 Å². The molecule has 1 heterocycles. The molecule has 3 aromatic rings. The van der Waals surface area contributed by atoms with Crippen LogP contribution < -0.4 is 10.5 Å². The van der Waals surface area contributed by atoms with Crippen LogP contribution in [-0.2, 0) is 0 Å². The fourth-order valence-electron chi connectivity index (χ4n) is 2.01. The number of aromatic nitrogens is 3. The highest BCUT2D eigenvalue weighted by Crippen LogP contribution is 2.30. The van der Waals surface area contributed by atoms with Gasteiger partial charge in [-0.15, -0.1) is 10.2 Å². The number of halogens is 2. The number of nitrogen functional groups attached to an aromatic ring is 1. The van der Waals surface area contributed by atoms with E-state index in [0.717, 1.165) is 17.9 Å². The average molecular weight is 365 g/mol. The first-order valence-electron chi connectivity index (χ1n) is 6.84. The van der Waals surface area contributed by atoms with Crippen molar-refractivity contribution >= 4 is 32.7 Å². The third-order valence-corrected chi connectivity index (χ3v) is 3.95. The zero-order valence-corrected chi connectivity index (χ0v) is 13.5. The quantitative estimate of drug-likeness (QED) is 0.716. The van der Waals surface area contributed by atoms with Crippen LogP contribution in [-0.4, -0.2) is 21.6 Å². The number of ether oxygens (including phenoxy) is 1. The lowest BCUT2D eigenvalue weighted by Crippen LogP contribution is -1.99. The number of benzene rings is 2. The summed E-state index contributed by atoms with van der Waals surface area (Å²) >= 11 is 3.26. The topological polar surface area (TPSA) is 66.0 Å². The number of nitrogens with two attached hydrogens (primary N) is 1. The van der Waals surface area contributed by atoms with Crippen molar-refractivity contribution in [2.24, 2.45) is 0 Å². The molecule has 0 spiro atoms. The Labute approximate surface area is 135 Å². The summed E-state index contributed by atoms with van der Waals surface area (Å²) in [6, 6.07) is 8.67. The fraction of sp³-hybridized carbons (Fsp3) is 0.200. The zero-order chi connectivity index (χ0) is 15.7. The van der Waals surface area contributed by atoms with E-state index in [1.165, 1.54) is 10.9 Å². The van der Waals surface area contributed by atoms with Crippen LogP contribution in [0.15, 0.2) is 34.8 Å². The van der Waals surface area contributed by atoms with Crippen LogP contribution in [0.5, 0.6) is 5.75 Å². The summed E-state index contributed by atoms with van der Waals surface area (Å²) in [7, 11) is 0. The van der Waals surface area contributed by atoms with Gasteiger partial charge >= 0.3 is 0 Å². The van der Waals surface area contributed by atoms with E-state index < -0.39 is 5.82 Å². The van der Waals surface area contributed by atoms with Crippen molar-refractivity contribution in [3.63, 3.8) is 0 Å². The predicted molar refractivity (Wildman–Crippen MR) is 86.7 cm³/mol. The smallest absolute Gasteiger partial charge is 0.149 e. The highest BCUT2D eigenvalue weighted by molar-refractivity contribution is 9.10. The first kappa shape index (κ1) is 14.8. The molecule has 0 atom stereocenters. The van der Waals surface area contributed by atoms with E-state index in [2.05, 4.69) is 33.1 Å². The van der Waals surface area contributed by atoms with Gasteiger partial charge in [-0.1, -0.05) is 6.92 Å². The van der Waals surface area contributed by atoms with Crippen molar-refractivity contribution in [3.05, 3.63) is 40.6 Å². The maximum Gasteiger partial charge on any atom is 0.149 e. The molecule has 114 valence electrons. The van der Waals surface area contributed by atoms with Crippen molar-refractivity contribution in [2.75, 3.05) is 12.3 Å². The Bertz CT molecular complexity index is 817. The second-order valence-electron chi connectivity index (χ2n) is 4.79. The van der Waals surface area contributed by atoms with Crippen molar-refractivity contribution in [3.8, 4) is 11.4 Å². The fourth-order valence-corrected chi connectivity index (χ4v) is 2.48. The number of hydrogen-bond donors (Lipinski definition) is 1. The summed E-state index contributed by atoms with van der Waals surface area (Å²) in [6.07, 6.45) is 0.953. The Balaban J connectivity index is 1.98. The number of anilines is 1. The number of fused-ring (bicyclic) bond motifs is 1. The minimum absolute atomic E-state index is 0.0304. The Morgan fingerprint density at radius 3 is 2.68 bits per heavy atom. The van der Waals surface area contributed by atoms with Crippen LogP contribution in [0.3, 0.4) is 0 Å². The van der Waals surface area contributed by atoms with Gasteiger partial charge < -0.3 is 10.5 Å². The molecular formula is C15H14BrFN4O. The highest BCUT2D eigenvalue weighted by atomic mass is 79.9. The summed E-state index contributed by atoms with van der Waals surface area (Å²) in [5, 5.41) is 8.62. The summed E-state index contributed by atoms with van der Waals surface area (Å²) in [4.78, 5) is 1.44. The molecule has 0 aliphatic rings. The highest BCUT2D eigenvalue weighted by Gasteiger charge is 2.14. The molecule has 2 aromatic carbocycles. The van der Waals surface area contributed by atoms with Gasteiger partial charge in [-0.3, -0.25) is 0 Å². The molecule has 0 saturated carbocycles. The molecule has 0 aliphatic carbocycles. The second kappa shape index (κ2) is 5.92. The molecular weight excluding hydrogens is 351 g/mol. The number of rotatable bonds is 4.